The monoisotopic (exact) mass is 183 g/mol. The number of hydrogen-bond donors (Lipinski definition) is 2. The molecule has 0 rings (SSSR count). The molecule has 0 aromatic rings. The Balaban J connectivity index is 4.05. The SMILES string of the molecule is CC(C)C(C)OS(=O)(=O)NO. The molecule has 0 aromatic carbocycles. The van der Waals surface area contributed by atoms with Crippen molar-refractivity contribution in [2.24, 2.45) is 5.92 Å². The van der Waals surface area contributed by atoms with E-state index < -0.39 is 16.4 Å². The summed E-state index contributed by atoms with van der Waals surface area (Å²) in [5, 5.41) is 8.06. The van der Waals surface area contributed by atoms with E-state index in [-0.39, 0.29) is 5.92 Å². The molecule has 0 heterocycles. The lowest BCUT2D eigenvalue weighted by atomic mass is 10.1. The van der Waals surface area contributed by atoms with E-state index in [9.17, 15) is 8.42 Å². The van der Waals surface area contributed by atoms with E-state index in [2.05, 4.69) is 4.18 Å². The van der Waals surface area contributed by atoms with Gasteiger partial charge in [-0.3, -0.25) is 4.18 Å². The van der Waals surface area contributed by atoms with Crippen molar-refractivity contribution in [3.8, 4) is 0 Å². The van der Waals surface area contributed by atoms with Gasteiger partial charge in [-0.05, 0) is 12.8 Å². The summed E-state index contributed by atoms with van der Waals surface area (Å²) in [6, 6.07) is 0. The number of hydrogen-bond acceptors (Lipinski definition) is 4. The molecule has 11 heavy (non-hydrogen) atoms. The fraction of sp³-hybridized carbons (Fsp3) is 1.00. The minimum atomic E-state index is -3.96. The molecule has 0 aromatic heterocycles. The maximum absolute atomic E-state index is 10.5. The molecule has 68 valence electrons. The Hall–Kier alpha value is -0.170. The van der Waals surface area contributed by atoms with Crippen LogP contribution in [-0.2, 0) is 14.5 Å². The molecule has 6 heteroatoms. The summed E-state index contributed by atoms with van der Waals surface area (Å²) in [4.78, 5) is 1.08. The first-order valence-electron chi connectivity index (χ1n) is 3.23. The average Bonchev–Trinajstić information content (AvgIpc) is 1.87. The Morgan fingerprint density at radius 1 is 1.36 bits per heavy atom. The van der Waals surface area contributed by atoms with Crippen molar-refractivity contribution in [2.75, 3.05) is 0 Å². The maximum Gasteiger partial charge on any atom is 0.358 e. The maximum atomic E-state index is 10.5. The van der Waals surface area contributed by atoms with Gasteiger partial charge in [-0.25, -0.2) is 0 Å². The van der Waals surface area contributed by atoms with Crippen molar-refractivity contribution in [3.05, 3.63) is 0 Å². The Bertz CT molecular complexity index is 199. The molecule has 0 spiro atoms. The van der Waals surface area contributed by atoms with Crippen LogP contribution in [0.25, 0.3) is 0 Å². The highest BCUT2D eigenvalue weighted by Gasteiger charge is 2.16. The average molecular weight is 183 g/mol. The second-order valence-corrected chi connectivity index (χ2v) is 3.87. The van der Waals surface area contributed by atoms with Crippen LogP contribution in [0.15, 0.2) is 0 Å². The van der Waals surface area contributed by atoms with Crippen LogP contribution in [0.2, 0.25) is 0 Å². The molecule has 1 atom stereocenters. The van der Waals surface area contributed by atoms with Gasteiger partial charge in [-0.2, -0.15) is 8.42 Å². The molecule has 0 amide bonds. The predicted molar refractivity (Wildman–Crippen MR) is 39.2 cm³/mol. The second-order valence-electron chi connectivity index (χ2n) is 2.59. The molecule has 0 bridgehead atoms. The standard InChI is InChI=1S/C5H13NO4S/c1-4(2)5(3)10-11(8,9)6-7/h4-7H,1-3H3. The van der Waals surface area contributed by atoms with Gasteiger partial charge in [-0.1, -0.05) is 18.7 Å². The molecule has 0 fully saturated rings. The van der Waals surface area contributed by atoms with Gasteiger partial charge in [0.15, 0.2) is 0 Å². The summed E-state index contributed by atoms with van der Waals surface area (Å²) in [5.74, 6) is 0.0816. The zero-order valence-corrected chi connectivity index (χ0v) is 7.55. The van der Waals surface area contributed by atoms with Crippen LogP contribution in [0.4, 0.5) is 0 Å². The fourth-order valence-electron chi connectivity index (χ4n) is 0.332. The highest BCUT2D eigenvalue weighted by Crippen LogP contribution is 2.07. The van der Waals surface area contributed by atoms with Crippen molar-refractivity contribution >= 4 is 10.3 Å². The first-order chi connectivity index (χ1) is 4.89. The molecule has 1 unspecified atom stereocenters. The summed E-state index contributed by atoms with van der Waals surface area (Å²) < 4.78 is 25.5. The summed E-state index contributed by atoms with van der Waals surface area (Å²) >= 11 is 0. The van der Waals surface area contributed by atoms with E-state index in [1.807, 2.05) is 13.8 Å². The molecule has 0 aliphatic rings. The largest absolute Gasteiger partial charge is 0.358 e. The van der Waals surface area contributed by atoms with Gasteiger partial charge < -0.3 is 5.21 Å². The normalized spacial score (nSPS) is 15.4. The molecule has 0 saturated carbocycles. The number of nitrogens with one attached hydrogen (secondary N) is 1. The van der Waals surface area contributed by atoms with Gasteiger partial charge in [0.1, 0.15) is 0 Å². The quantitative estimate of drug-likeness (QED) is 0.613. The Labute approximate surface area is 66.6 Å². The van der Waals surface area contributed by atoms with Crippen molar-refractivity contribution in [1.29, 1.82) is 0 Å². The third kappa shape index (κ3) is 4.31. The molecular formula is C5H13NO4S. The van der Waals surface area contributed by atoms with Gasteiger partial charge in [-0.15, -0.1) is 0 Å². The van der Waals surface area contributed by atoms with Crippen LogP contribution in [0.5, 0.6) is 0 Å². The van der Waals surface area contributed by atoms with E-state index in [1.165, 1.54) is 0 Å². The van der Waals surface area contributed by atoms with E-state index in [1.54, 1.807) is 6.92 Å². The molecule has 0 saturated heterocycles. The van der Waals surface area contributed by atoms with Gasteiger partial charge >= 0.3 is 10.3 Å². The van der Waals surface area contributed by atoms with Crippen molar-refractivity contribution in [3.63, 3.8) is 0 Å². The van der Waals surface area contributed by atoms with Gasteiger partial charge in [0.25, 0.3) is 0 Å². The van der Waals surface area contributed by atoms with Gasteiger partial charge in [0.2, 0.25) is 0 Å². The summed E-state index contributed by atoms with van der Waals surface area (Å²) in [7, 11) is -3.96. The Morgan fingerprint density at radius 3 is 2.09 bits per heavy atom. The highest BCUT2D eigenvalue weighted by atomic mass is 32.2. The molecule has 2 N–H and O–H groups in total. The third-order valence-electron chi connectivity index (χ3n) is 1.33. The summed E-state index contributed by atoms with van der Waals surface area (Å²) in [5.41, 5.74) is 0. The van der Waals surface area contributed by atoms with Crippen LogP contribution < -0.4 is 4.89 Å². The summed E-state index contributed by atoms with van der Waals surface area (Å²) in [6.07, 6.45) is -0.445. The first-order valence-corrected chi connectivity index (χ1v) is 4.64. The van der Waals surface area contributed by atoms with Crippen LogP contribution >= 0.6 is 0 Å². The highest BCUT2D eigenvalue weighted by molar-refractivity contribution is 7.84. The van der Waals surface area contributed by atoms with Crippen LogP contribution in [0, 0.1) is 5.92 Å². The minimum Gasteiger partial charge on any atom is -0.300 e. The Kier molecular flexibility index (Phi) is 3.95. The molecule has 0 aliphatic carbocycles. The molecular weight excluding hydrogens is 170 g/mol. The van der Waals surface area contributed by atoms with Crippen LogP contribution in [0.3, 0.4) is 0 Å². The summed E-state index contributed by atoms with van der Waals surface area (Å²) in [6.45, 7) is 5.24. The molecule has 0 aliphatic heterocycles. The lowest BCUT2D eigenvalue weighted by Gasteiger charge is -2.14. The Morgan fingerprint density at radius 2 is 1.82 bits per heavy atom. The number of rotatable bonds is 4. The molecule has 0 radical (unpaired) electrons. The van der Waals surface area contributed by atoms with Crippen molar-refractivity contribution in [1.82, 2.24) is 4.89 Å². The van der Waals surface area contributed by atoms with E-state index in [0.717, 1.165) is 4.89 Å². The van der Waals surface area contributed by atoms with Crippen molar-refractivity contribution in [2.45, 2.75) is 26.9 Å². The minimum absolute atomic E-state index is 0.0816. The topological polar surface area (TPSA) is 75.6 Å². The zero-order valence-electron chi connectivity index (χ0n) is 6.73. The van der Waals surface area contributed by atoms with E-state index >= 15 is 0 Å². The van der Waals surface area contributed by atoms with Crippen LogP contribution in [-0.4, -0.2) is 19.7 Å². The van der Waals surface area contributed by atoms with E-state index in [0.29, 0.717) is 0 Å². The van der Waals surface area contributed by atoms with Crippen LogP contribution in [0.1, 0.15) is 20.8 Å². The second kappa shape index (κ2) is 4.01. The lowest BCUT2D eigenvalue weighted by Crippen LogP contribution is -2.28. The zero-order chi connectivity index (χ0) is 9.07. The van der Waals surface area contributed by atoms with Crippen molar-refractivity contribution < 1.29 is 17.8 Å². The fourth-order valence-corrected chi connectivity index (χ4v) is 0.997. The third-order valence-corrected chi connectivity index (χ3v) is 2.11. The smallest absolute Gasteiger partial charge is 0.300 e. The first kappa shape index (κ1) is 10.8. The van der Waals surface area contributed by atoms with E-state index in [4.69, 9.17) is 5.21 Å². The predicted octanol–water partition coefficient (Wildman–Crippen LogP) is 0.271. The lowest BCUT2D eigenvalue weighted by molar-refractivity contribution is 0.145. The van der Waals surface area contributed by atoms with Gasteiger partial charge in [0, 0.05) is 0 Å². The molecule has 5 nitrogen and oxygen atoms in total. The van der Waals surface area contributed by atoms with Gasteiger partial charge in [0.05, 0.1) is 6.10 Å².